The lowest BCUT2D eigenvalue weighted by molar-refractivity contribution is -0.0799. The van der Waals surface area contributed by atoms with Gasteiger partial charge in [0.05, 0.1) is 34.3 Å². The van der Waals surface area contributed by atoms with Gasteiger partial charge in [-0.25, -0.2) is 32.2 Å². The van der Waals surface area contributed by atoms with Gasteiger partial charge in [0.1, 0.15) is 29.7 Å². The van der Waals surface area contributed by atoms with E-state index in [2.05, 4.69) is 31.0 Å². The SMILES string of the molecule is Cc1cc(C(F)F)nn1-c1nc(-n2cnc3cc(OC4COC4)c(Br)cc32)ccc1C(F)F. The van der Waals surface area contributed by atoms with Crippen molar-refractivity contribution in [1.29, 1.82) is 0 Å². The molecule has 0 amide bonds. The van der Waals surface area contributed by atoms with Gasteiger partial charge in [-0.15, -0.1) is 0 Å². The second-order valence-corrected chi connectivity index (χ2v) is 8.32. The molecule has 0 radical (unpaired) electrons. The number of nitrogens with zero attached hydrogens (tertiary/aromatic N) is 5. The number of pyridine rings is 1. The van der Waals surface area contributed by atoms with Gasteiger partial charge in [0.25, 0.3) is 12.9 Å². The van der Waals surface area contributed by atoms with E-state index in [1.165, 1.54) is 25.4 Å². The molecule has 0 aliphatic carbocycles. The summed E-state index contributed by atoms with van der Waals surface area (Å²) in [5.41, 5.74) is 0.575. The Hall–Kier alpha value is -2.99. The first-order chi connectivity index (χ1) is 15.8. The van der Waals surface area contributed by atoms with Gasteiger partial charge in [-0.3, -0.25) is 4.57 Å². The molecular weight excluding hydrogens is 510 g/mol. The van der Waals surface area contributed by atoms with Crippen molar-refractivity contribution in [3.8, 4) is 17.4 Å². The van der Waals surface area contributed by atoms with Gasteiger partial charge in [0.2, 0.25) is 0 Å². The van der Waals surface area contributed by atoms with Crippen LogP contribution in [-0.4, -0.2) is 43.6 Å². The highest BCUT2D eigenvalue weighted by Crippen LogP contribution is 2.33. The summed E-state index contributed by atoms with van der Waals surface area (Å²) in [5.74, 6) is 0.658. The van der Waals surface area contributed by atoms with Crippen molar-refractivity contribution in [2.24, 2.45) is 0 Å². The molecule has 12 heteroatoms. The van der Waals surface area contributed by atoms with E-state index in [9.17, 15) is 17.6 Å². The van der Waals surface area contributed by atoms with Crippen LogP contribution in [0, 0.1) is 6.92 Å². The lowest BCUT2D eigenvalue weighted by Gasteiger charge is -2.27. The Labute approximate surface area is 193 Å². The molecule has 0 saturated carbocycles. The van der Waals surface area contributed by atoms with E-state index in [-0.39, 0.29) is 23.4 Å². The molecule has 1 aliphatic heterocycles. The Morgan fingerprint density at radius 3 is 2.55 bits per heavy atom. The van der Waals surface area contributed by atoms with Crippen molar-refractivity contribution in [2.45, 2.75) is 25.9 Å². The van der Waals surface area contributed by atoms with Crippen LogP contribution in [0.25, 0.3) is 22.7 Å². The van der Waals surface area contributed by atoms with E-state index in [0.717, 1.165) is 10.7 Å². The number of fused-ring (bicyclic) bond motifs is 1. The third kappa shape index (κ3) is 3.97. The minimum atomic E-state index is -2.87. The zero-order chi connectivity index (χ0) is 23.3. The molecule has 0 unspecified atom stereocenters. The molecule has 1 saturated heterocycles. The van der Waals surface area contributed by atoms with Crippen LogP contribution in [0.2, 0.25) is 0 Å². The van der Waals surface area contributed by atoms with Crippen LogP contribution >= 0.6 is 15.9 Å². The van der Waals surface area contributed by atoms with Gasteiger partial charge in [-0.2, -0.15) is 5.10 Å². The smallest absolute Gasteiger partial charge is 0.282 e. The molecular formula is C21H16BrF4N5O2. The zero-order valence-electron chi connectivity index (χ0n) is 17.1. The molecule has 0 spiro atoms. The van der Waals surface area contributed by atoms with Crippen molar-refractivity contribution in [1.82, 2.24) is 24.3 Å². The maximum absolute atomic E-state index is 13.7. The first-order valence-electron chi connectivity index (χ1n) is 9.87. The fourth-order valence-electron chi connectivity index (χ4n) is 3.49. The molecule has 33 heavy (non-hydrogen) atoms. The fraction of sp³-hybridized carbons (Fsp3) is 0.286. The van der Waals surface area contributed by atoms with Gasteiger partial charge in [-0.05, 0) is 47.1 Å². The number of rotatable bonds is 6. The highest BCUT2D eigenvalue weighted by atomic mass is 79.9. The summed E-state index contributed by atoms with van der Waals surface area (Å²) < 4.78 is 67.9. The van der Waals surface area contributed by atoms with Crippen LogP contribution < -0.4 is 4.74 Å². The van der Waals surface area contributed by atoms with E-state index in [1.807, 2.05) is 0 Å². The molecule has 1 fully saturated rings. The van der Waals surface area contributed by atoms with Gasteiger partial charge in [0.15, 0.2) is 5.82 Å². The molecule has 4 heterocycles. The van der Waals surface area contributed by atoms with Crippen LogP contribution in [0.4, 0.5) is 17.6 Å². The zero-order valence-corrected chi connectivity index (χ0v) is 18.6. The molecule has 3 aromatic heterocycles. The van der Waals surface area contributed by atoms with Crippen LogP contribution in [-0.2, 0) is 4.74 Å². The number of hydrogen-bond acceptors (Lipinski definition) is 5. The summed E-state index contributed by atoms with van der Waals surface area (Å²) in [4.78, 5) is 8.72. The standard InChI is InChI=1S/C21H16BrF4N5O2/c1-10-4-15(20(25)26)29-31(10)21-12(19(23)24)2-3-18(28-21)30-9-27-14-6-17(13(22)5-16(14)30)33-11-7-32-8-11/h2-6,9,11,19-20H,7-8H2,1H3. The molecule has 7 nitrogen and oxygen atoms in total. The largest absolute Gasteiger partial charge is 0.484 e. The van der Waals surface area contributed by atoms with Crippen LogP contribution in [0.5, 0.6) is 5.75 Å². The quantitative estimate of drug-likeness (QED) is 0.318. The number of halogens is 5. The second-order valence-electron chi connectivity index (χ2n) is 7.47. The molecule has 0 atom stereocenters. The Bertz CT molecular complexity index is 1340. The Balaban J connectivity index is 1.60. The summed E-state index contributed by atoms with van der Waals surface area (Å²) in [6.07, 6.45) is -4.23. The van der Waals surface area contributed by atoms with Gasteiger partial charge >= 0.3 is 0 Å². The molecule has 5 rings (SSSR count). The molecule has 172 valence electrons. The second kappa shape index (κ2) is 8.41. The number of aryl methyl sites for hydroxylation is 1. The third-order valence-corrected chi connectivity index (χ3v) is 5.82. The van der Waals surface area contributed by atoms with Gasteiger partial charge in [-0.1, -0.05) is 0 Å². The van der Waals surface area contributed by atoms with Crippen molar-refractivity contribution in [3.05, 3.63) is 58.1 Å². The topological polar surface area (TPSA) is 67.0 Å². The predicted octanol–water partition coefficient (Wildman–Crippen LogP) is 5.33. The Kier molecular flexibility index (Phi) is 5.57. The van der Waals surface area contributed by atoms with Crippen molar-refractivity contribution in [3.63, 3.8) is 0 Å². The number of alkyl halides is 4. The highest BCUT2D eigenvalue weighted by molar-refractivity contribution is 9.10. The van der Waals surface area contributed by atoms with Crippen LogP contribution in [0.3, 0.4) is 0 Å². The first kappa shape index (κ1) is 21.8. The maximum atomic E-state index is 13.7. The number of benzene rings is 1. The number of imidazole rings is 1. The van der Waals surface area contributed by atoms with Crippen molar-refractivity contribution < 1.29 is 27.0 Å². The first-order valence-corrected chi connectivity index (χ1v) is 10.7. The Morgan fingerprint density at radius 1 is 1.12 bits per heavy atom. The lowest BCUT2D eigenvalue weighted by Crippen LogP contribution is -2.38. The summed E-state index contributed by atoms with van der Waals surface area (Å²) in [6.45, 7) is 2.53. The maximum Gasteiger partial charge on any atom is 0.282 e. The third-order valence-electron chi connectivity index (χ3n) is 5.21. The van der Waals surface area contributed by atoms with E-state index in [1.54, 1.807) is 16.7 Å². The van der Waals surface area contributed by atoms with E-state index < -0.39 is 24.1 Å². The number of aromatic nitrogens is 5. The van der Waals surface area contributed by atoms with E-state index in [0.29, 0.717) is 34.5 Å². The minimum Gasteiger partial charge on any atom is -0.484 e. The van der Waals surface area contributed by atoms with Crippen molar-refractivity contribution >= 4 is 27.0 Å². The highest BCUT2D eigenvalue weighted by Gasteiger charge is 2.24. The summed E-state index contributed by atoms with van der Waals surface area (Å²) >= 11 is 3.49. The van der Waals surface area contributed by atoms with Gasteiger partial charge in [0, 0.05) is 11.8 Å². The van der Waals surface area contributed by atoms with Gasteiger partial charge < -0.3 is 9.47 Å². The molecule has 4 aromatic rings. The van der Waals surface area contributed by atoms with Crippen molar-refractivity contribution in [2.75, 3.05) is 13.2 Å². The monoisotopic (exact) mass is 525 g/mol. The summed E-state index contributed by atoms with van der Waals surface area (Å²) in [5, 5.41) is 3.79. The normalized spacial score (nSPS) is 14.4. The van der Waals surface area contributed by atoms with E-state index >= 15 is 0 Å². The minimum absolute atomic E-state index is 0.0256. The average Bonchev–Trinajstić information content (AvgIpc) is 3.33. The number of ether oxygens (including phenoxy) is 2. The van der Waals surface area contributed by atoms with E-state index in [4.69, 9.17) is 9.47 Å². The average molecular weight is 526 g/mol. The van der Waals surface area contributed by atoms with Crippen LogP contribution in [0.1, 0.15) is 29.8 Å². The number of hydrogen-bond donors (Lipinski definition) is 0. The summed E-state index contributed by atoms with van der Waals surface area (Å²) in [7, 11) is 0. The molecule has 0 bridgehead atoms. The molecule has 1 aromatic carbocycles. The summed E-state index contributed by atoms with van der Waals surface area (Å²) in [6, 6.07) is 7.32. The van der Waals surface area contributed by atoms with Crippen LogP contribution in [0.15, 0.2) is 41.1 Å². The predicted molar refractivity (Wildman–Crippen MR) is 114 cm³/mol. The Morgan fingerprint density at radius 2 is 1.91 bits per heavy atom. The fourth-order valence-corrected chi connectivity index (χ4v) is 3.91. The molecule has 0 N–H and O–H groups in total. The molecule has 1 aliphatic rings. The lowest BCUT2D eigenvalue weighted by atomic mass is 10.2.